The quantitative estimate of drug-likeness (QED) is 0.603. The van der Waals surface area contributed by atoms with Crippen LogP contribution in [-0.2, 0) is 11.2 Å². The molecular formula is C10H10BrClO. The SMILES string of the molecule is Cc1cc(Br)ccc1CC(Cl)C=O. The maximum absolute atomic E-state index is 10.3. The summed E-state index contributed by atoms with van der Waals surface area (Å²) in [6.07, 6.45) is 1.37. The van der Waals surface area contributed by atoms with Crippen molar-refractivity contribution < 1.29 is 4.79 Å². The van der Waals surface area contributed by atoms with Gasteiger partial charge in [0.05, 0.1) is 5.38 Å². The lowest BCUT2D eigenvalue weighted by molar-refractivity contribution is -0.107. The molecule has 70 valence electrons. The summed E-state index contributed by atoms with van der Waals surface area (Å²) in [5.74, 6) is 0. The Hall–Kier alpha value is -0.340. The Morgan fingerprint density at radius 1 is 1.62 bits per heavy atom. The summed E-state index contributed by atoms with van der Waals surface area (Å²) < 4.78 is 1.05. The normalized spacial score (nSPS) is 12.5. The number of hydrogen-bond acceptors (Lipinski definition) is 1. The highest BCUT2D eigenvalue weighted by atomic mass is 79.9. The lowest BCUT2D eigenvalue weighted by Gasteiger charge is -2.06. The first-order valence-corrected chi connectivity index (χ1v) is 5.21. The van der Waals surface area contributed by atoms with E-state index in [1.165, 1.54) is 0 Å². The van der Waals surface area contributed by atoms with Crippen LogP contribution in [0.1, 0.15) is 11.1 Å². The summed E-state index contributed by atoms with van der Waals surface area (Å²) in [4.78, 5) is 10.3. The van der Waals surface area contributed by atoms with Crippen molar-refractivity contribution in [3.05, 3.63) is 33.8 Å². The number of benzene rings is 1. The van der Waals surface area contributed by atoms with E-state index in [2.05, 4.69) is 15.9 Å². The highest BCUT2D eigenvalue weighted by Crippen LogP contribution is 2.17. The zero-order chi connectivity index (χ0) is 9.84. The second-order valence-electron chi connectivity index (χ2n) is 2.93. The average Bonchev–Trinajstić information content (AvgIpc) is 2.09. The van der Waals surface area contributed by atoms with Gasteiger partial charge >= 0.3 is 0 Å². The molecule has 13 heavy (non-hydrogen) atoms. The number of carbonyl (C=O) groups is 1. The molecule has 0 saturated carbocycles. The smallest absolute Gasteiger partial charge is 0.138 e. The summed E-state index contributed by atoms with van der Waals surface area (Å²) in [5, 5.41) is -0.417. The van der Waals surface area contributed by atoms with Gasteiger partial charge in [-0.25, -0.2) is 0 Å². The van der Waals surface area contributed by atoms with E-state index < -0.39 is 5.38 Å². The molecule has 0 radical (unpaired) electrons. The van der Waals surface area contributed by atoms with Gasteiger partial charge in [0.2, 0.25) is 0 Å². The Kier molecular flexibility index (Phi) is 3.94. The van der Waals surface area contributed by atoms with Gasteiger partial charge in [-0.05, 0) is 36.6 Å². The zero-order valence-corrected chi connectivity index (χ0v) is 9.60. The Labute approximate surface area is 91.2 Å². The average molecular weight is 262 g/mol. The van der Waals surface area contributed by atoms with Crippen LogP contribution in [0, 0.1) is 6.92 Å². The van der Waals surface area contributed by atoms with Crippen molar-refractivity contribution in [1.29, 1.82) is 0 Å². The Morgan fingerprint density at radius 2 is 2.31 bits per heavy atom. The monoisotopic (exact) mass is 260 g/mol. The number of halogens is 2. The molecule has 1 nitrogen and oxygen atoms in total. The molecule has 0 fully saturated rings. The fourth-order valence-corrected chi connectivity index (χ4v) is 1.79. The maximum Gasteiger partial charge on any atom is 0.138 e. The van der Waals surface area contributed by atoms with Crippen molar-refractivity contribution in [2.45, 2.75) is 18.7 Å². The Bertz CT molecular complexity index is 312. The molecule has 1 rings (SSSR count). The Morgan fingerprint density at radius 3 is 2.85 bits per heavy atom. The number of rotatable bonds is 3. The van der Waals surface area contributed by atoms with Crippen molar-refractivity contribution in [1.82, 2.24) is 0 Å². The summed E-state index contributed by atoms with van der Waals surface area (Å²) >= 11 is 9.11. The summed E-state index contributed by atoms with van der Waals surface area (Å²) in [6.45, 7) is 2.01. The van der Waals surface area contributed by atoms with Gasteiger partial charge in [-0.2, -0.15) is 0 Å². The van der Waals surface area contributed by atoms with Gasteiger partial charge in [0.25, 0.3) is 0 Å². The van der Waals surface area contributed by atoms with Gasteiger partial charge in [-0.3, -0.25) is 0 Å². The van der Waals surface area contributed by atoms with Gasteiger partial charge < -0.3 is 4.79 Å². The lowest BCUT2D eigenvalue weighted by atomic mass is 10.0. The van der Waals surface area contributed by atoms with Gasteiger partial charge in [0.15, 0.2) is 0 Å². The molecule has 3 heteroatoms. The van der Waals surface area contributed by atoms with Crippen molar-refractivity contribution in [3.63, 3.8) is 0 Å². The highest BCUT2D eigenvalue weighted by Gasteiger charge is 2.06. The number of aldehydes is 1. The molecule has 0 aliphatic heterocycles. The van der Waals surface area contributed by atoms with Crippen LogP contribution in [0.3, 0.4) is 0 Å². The molecule has 0 bridgehead atoms. The first-order valence-electron chi connectivity index (χ1n) is 3.98. The molecular weight excluding hydrogens is 251 g/mol. The van der Waals surface area contributed by atoms with E-state index in [1.807, 2.05) is 25.1 Å². The fourth-order valence-electron chi connectivity index (χ4n) is 1.15. The van der Waals surface area contributed by atoms with Crippen LogP contribution >= 0.6 is 27.5 Å². The van der Waals surface area contributed by atoms with Crippen LogP contribution in [-0.4, -0.2) is 11.7 Å². The van der Waals surface area contributed by atoms with Crippen molar-refractivity contribution in [2.24, 2.45) is 0 Å². The maximum atomic E-state index is 10.3. The van der Waals surface area contributed by atoms with E-state index in [0.29, 0.717) is 6.42 Å². The highest BCUT2D eigenvalue weighted by molar-refractivity contribution is 9.10. The number of hydrogen-bond donors (Lipinski definition) is 0. The van der Waals surface area contributed by atoms with E-state index in [9.17, 15) is 4.79 Å². The minimum atomic E-state index is -0.417. The van der Waals surface area contributed by atoms with Crippen LogP contribution in [0.2, 0.25) is 0 Å². The van der Waals surface area contributed by atoms with E-state index in [4.69, 9.17) is 11.6 Å². The van der Waals surface area contributed by atoms with Crippen molar-refractivity contribution in [3.8, 4) is 0 Å². The summed E-state index contributed by atoms with van der Waals surface area (Å²) in [7, 11) is 0. The largest absolute Gasteiger partial charge is 0.302 e. The molecule has 0 saturated heterocycles. The molecule has 1 aromatic carbocycles. The molecule has 1 atom stereocenters. The summed E-state index contributed by atoms with van der Waals surface area (Å²) in [5.41, 5.74) is 2.28. The predicted molar refractivity (Wildman–Crippen MR) is 58.3 cm³/mol. The molecule has 0 N–H and O–H groups in total. The number of carbonyl (C=O) groups excluding carboxylic acids is 1. The van der Waals surface area contributed by atoms with E-state index in [0.717, 1.165) is 21.9 Å². The van der Waals surface area contributed by atoms with E-state index >= 15 is 0 Å². The molecule has 0 heterocycles. The minimum absolute atomic E-state index is 0.417. The third-order valence-electron chi connectivity index (χ3n) is 1.87. The van der Waals surface area contributed by atoms with Crippen molar-refractivity contribution >= 4 is 33.8 Å². The van der Waals surface area contributed by atoms with Crippen LogP contribution in [0.15, 0.2) is 22.7 Å². The van der Waals surface area contributed by atoms with Gasteiger partial charge in [-0.15, -0.1) is 11.6 Å². The summed E-state index contributed by atoms with van der Waals surface area (Å²) in [6, 6.07) is 5.96. The molecule has 1 unspecified atom stereocenters. The number of alkyl halides is 1. The van der Waals surface area contributed by atoms with E-state index in [-0.39, 0.29) is 0 Å². The second kappa shape index (κ2) is 4.77. The lowest BCUT2D eigenvalue weighted by Crippen LogP contribution is -2.05. The van der Waals surface area contributed by atoms with Crippen LogP contribution in [0.4, 0.5) is 0 Å². The molecule has 0 aliphatic rings. The first-order chi connectivity index (χ1) is 6.13. The topological polar surface area (TPSA) is 17.1 Å². The molecule has 0 aromatic heterocycles. The van der Waals surface area contributed by atoms with E-state index in [1.54, 1.807) is 0 Å². The fraction of sp³-hybridized carbons (Fsp3) is 0.300. The molecule has 0 spiro atoms. The van der Waals surface area contributed by atoms with Crippen LogP contribution in [0.25, 0.3) is 0 Å². The standard InChI is InChI=1S/C10H10BrClO/c1-7-4-9(11)3-2-8(7)5-10(12)6-13/h2-4,6,10H,5H2,1H3. The predicted octanol–water partition coefficient (Wildman–Crippen LogP) is 3.11. The minimum Gasteiger partial charge on any atom is -0.302 e. The van der Waals surface area contributed by atoms with Gasteiger partial charge in [-0.1, -0.05) is 22.0 Å². The molecule has 0 amide bonds. The molecule has 1 aromatic rings. The van der Waals surface area contributed by atoms with Crippen molar-refractivity contribution in [2.75, 3.05) is 0 Å². The third kappa shape index (κ3) is 3.12. The number of aryl methyl sites for hydroxylation is 1. The van der Waals surface area contributed by atoms with Gasteiger partial charge in [0.1, 0.15) is 6.29 Å². The molecule has 0 aliphatic carbocycles. The van der Waals surface area contributed by atoms with Crippen LogP contribution in [0.5, 0.6) is 0 Å². The van der Waals surface area contributed by atoms with Crippen LogP contribution < -0.4 is 0 Å². The zero-order valence-electron chi connectivity index (χ0n) is 7.26. The third-order valence-corrected chi connectivity index (χ3v) is 2.62. The Balaban J connectivity index is 2.83. The first kappa shape index (κ1) is 10.7. The van der Waals surface area contributed by atoms with Gasteiger partial charge in [0, 0.05) is 4.47 Å². The second-order valence-corrected chi connectivity index (χ2v) is 4.40.